The number of nitrogens with one attached hydrogen (secondary N) is 1. The number of hydrogen-bond donors (Lipinski definition) is 2. The lowest BCUT2D eigenvalue weighted by Gasteiger charge is -2.16. The number of carbonyl (C=O) groups is 1. The highest BCUT2D eigenvalue weighted by molar-refractivity contribution is 6.35. The monoisotopic (exact) mass is 444 g/mol. The number of aromatic nitrogens is 5. The first-order chi connectivity index (χ1) is 14.2. The maximum atomic E-state index is 13.0. The lowest BCUT2D eigenvalue weighted by molar-refractivity contribution is 0.0578. The van der Waals surface area contributed by atoms with Gasteiger partial charge >= 0.3 is 0 Å². The Hall–Kier alpha value is -2.94. The summed E-state index contributed by atoms with van der Waals surface area (Å²) in [6.07, 6.45) is 6.41. The molecule has 0 aliphatic carbocycles. The Labute approximate surface area is 182 Å². The molecule has 3 heterocycles. The van der Waals surface area contributed by atoms with Crippen LogP contribution >= 0.6 is 23.2 Å². The average molecular weight is 445 g/mol. The summed E-state index contributed by atoms with van der Waals surface area (Å²) in [7, 11) is 0. The number of amides is 1. The zero-order valence-corrected chi connectivity index (χ0v) is 17.7. The summed E-state index contributed by atoms with van der Waals surface area (Å²) < 4.78 is 3.08. The van der Waals surface area contributed by atoms with Crippen LogP contribution in [0.4, 0.5) is 5.69 Å². The molecular formula is C20H18Cl2N6O2. The highest BCUT2D eigenvalue weighted by Crippen LogP contribution is 2.32. The van der Waals surface area contributed by atoms with Crippen molar-refractivity contribution in [2.75, 3.05) is 5.32 Å². The normalized spacial score (nSPS) is 11.8. The van der Waals surface area contributed by atoms with Crippen molar-refractivity contribution in [1.29, 1.82) is 0 Å². The predicted molar refractivity (Wildman–Crippen MR) is 115 cm³/mol. The Morgan fingerprint density at radius 2 is 1.97 bits per heavy atom. The van der Waals surface area contributed by atoms with Crippen LogP contribution in [-0.2, 0) is 6.54 Å². The molecule has 8 nitrogen and oxygen atoms in total. The van der Waals surface area contributed by atoms with Crippen LogP contribution in [0.5, 0.6) is 0 Å². The second-order valence-corrected chi connectivity index (χ2v) is 8.33. The molecule has 0 aliphatic rings. The van der Waals surface area contributed by atoms with E-state index in [-0.39, 0.29) is 12.5 Å². The van der Waals surface area contributed by atoms with E-state index in [0.717, 1.165) is 0 Å². The van der Waals surface area contributed by atoms with Crippen LogP contribution in [0.15, 0.2) is 49.1 Å². The van der Waals surface area contributed by atoms with Gasteiger partial charge in [-0.05, 0) is 38.1 Å². The van der Waals surface area contributed by atoms with Gasteiger partial charge in [-0.15, -0.1) is 0 Å². The molecule has 0 radical (unpaired) electrons. The van der Waals surface area contributed by atoms with Gasteiger partial charge in [0.15, 0.2) is 5.65 Å². The summed E-state index contributed by atoms with van der Waals surface area (Å²) in [5.41, 5.74) is 1.31. The van der Waals surface area contributed by atoms with Gasteiger partial charge in [-0.2, -0.15) is 10.2 Å². The average Bonchev–Trinajstić information content (AvgIpc) is 3.23. The maximum Gasteiger partial charge on any atom is 0.261 e. The van der Waals surface area contributed by atoms with E-state index in [0.29, 0.717) is 38.2 Å². The van der Waals surface area contributed by atoms with Gasteiger partial charge in [0.05, 0.1) is 24.0 Å². The van der Waals surface area contributed by atoms with Crippen molar-refractivity contribution < 1.29 is 9.90 Å². The molecule has 0 saturated heterocycles. The fourth-order valence-corrected chi connectivity index (χ4v) is 3.60. The number of benzene rings is 1. The van der Waals surface area contributed by atoms with Crippen LogP contribution in [0.25, 0.3) is 16.9 Å². The molecule has 4 aromatic rings. The maximum absolute atomic E-state index is 13.0. The number of rotatable bonds is 5. The largest absolute Gasteiger partial charge is 0.389 e. The number of nitrogens with zero attached hydrogens (tertiary/aromatic N) is 5. The number of hydrogen-bond acceptors (Lipinski definition) is 5. The zero-order valence-electron chi connectivity index (χ0n) is 16.2. The molecule has 2 N–H and O–H groups in total. The molecule has 0 fully saturated rings. The zero-order chi connectivity index (χ0) is 21.5. The van der Waals surface area contributed by atoms with E-state index < -0.39 is 5.60 Å². The van der Waals surface area contributed by atoms with Crippen molar-refractivity contribution >= 4 is 40.4 Å². The van der Waals surface area contributed by atoms with E-state index in [2.05, 4.69) is 20.5 Å². The SMILES string of the molecule is CC(C)(O)Cn1cc(NC(=O)c2cnn3cccnc23)c(-c2cc(Cl)cc(Cl)c2)n1. The van der Waals surface area contributed by atoms with Crippen LogP contribution in [0.3, 0.4) is 0 Å². The van der Waals surface area contributed by atoms with Crippen molar-refractivity contribution in [3.05, 3.63) is 64.7 Å². The summed E-state index contributed by atoms with van der Waals surface area (Å²) in [6.45, 7) is 3.57. The van der Waals surface area contributed by atoms with Gasteiger partial charge in [0.1, 0.15) is 11.3 Å². The number of aliphatic hydroxyl groups is 1. The third-order valence-corrected chi connectivity index (χ3v) is 4.66. The van der Waals surface area contributed by atoms with Crippen molar-refractivity contribution in [2.24, 2.45) is 0 Å². The summed E-state index contributed by atoms with van der Waals surface area (Å²) in [6, 6.07) is 6.75. The third-order valence-electron chi connectivity index (χ3n) is 4.22. The van der Waals surface area contributed by atoms with Crippen LogP contribution < -0.4 is 5.32 Å². The van der Waals surface area contributed by atoms with Crippen LogP contribution in [0.1, 0.15) is 24.2 Å². The first-order valence-electron chi connectivity index (χ1n) is 9.06. The molecule has 0 bridgehead atoms. The summed E-state index contributed by atoms with van der Waals surface area (Å²) in [5, 5.41) is 22.6. The molecule has 4 rings (SSSR count). The van der Waals surface area contributed by atoms with Crippen molar-refractivity contribution in [3.63, 3.8) is 0 Å². The van der Waals surface area contributed by atoms with Crippen LogP contribution in [-0.4, -0.2) is 41.0 Å². The number of fused-ring (bicyclic) bond motifs is 1. The highest BCUT2D eigenvalue weighted by Gasteiger charge is 2.21. The second kappa shape index (κ2) is 7.71. The van der Waals surface area contributed by atoms with Gasteiger partial charge in [0.25, 0.3) is 5.91 Å². The Morgan fingerprint density at radius 1 is 1.23 bits per heavy atom. The standard InChI is InChI=1S/C20H18Cl2N6O2/c1-20(2,30)11-27-10-16(17(26-27)12-6-13(21)8-14(22)7-12)25-19(29)15-9-24-28-5-3-4-23-18(15)28/h3-10,30H,11H2,1-2H3,(H,25,29). The molecule has 154 valence electrons. The first-order valence-corrected chi connectivity index (χ1v) is 9.81. The van der Waals surface area contributed by atoms with Gasteiger partial charge in [-0.1, -0.05) is 23.2 Å². The Kier molecular flexibility index (Phi) is 5.23. The van der Waals surface area contributed by atoms with Crippen molar-refractivity contribution in [3.8, 4) is 11.3 Å². The molecule has 0 atom stereocenters. The lowest BCUT2D eigenvalue weighted by atomic mass is 10.1. The molecular weight excluding hydrogens is 427 g/mol. The van der Waals surface area contributed by atoms with E-state index in [1.54, 1.807) is 61.4 Å². The fraction of sp³-hybridized carbons (Fsp3) is 0.200. The van der Waals surface area contributed by atoms with E-state index in [4.69, 9.17) is 23.2 Å². The molecule has 1 aromatic carbocycles. The lowest BCUT2D eigenvalue weighted by Crippen LogP contribution is -2.26. The molecule has 10 heteroatoms. The molecule has 30 heavy (non-hydrogen) atoms. The van der Waals surface area contributed by atoms with E-state index >= 15 is 0 Å². The third kappa shape index (κ3) is 4.30. The minimum Gasteiger partial charge on any atom is -0.389 e. The van der Waals surface area contributed by atoms with E-state index in [9.17, 15) is 9.90 Å². The second-order valence-electron chi connectivity index (χ2n) is 7.46. The minimum atomic E-state index is -0.997. The summed E-state index contributed by atoms with van der Waals surface area (Å²) in [5.74, 6) is -0.388. The highest BCUT2D eigenvalue weighted by atomic mass is 35.5. The molecule has 0 saturated carbocycles. The number of halogens is 2. The van der Waals surface area contributed by atoms with Crippen LogP contribution in [0, 0.1) is 0 Å². The minimum absolute atomic E-state index is 0.225. The van der Waals surface area contributed by atoms with Gasteiger partial charge in [0, 0.05) is 34.2 Å². The predicted octanol–water partition coefficient (Wildman–Crippen LogP) is 3.92. The molecule has 0 unspecified atom stereocenters. The number of anilines is 1. The van der Waals surface area contributed by atoms with E-state index in [1.165, 1.54) is 10.7 Å². The van der Waals surface area contributed by atoms with Crippen molar-refractivity contribution in [1.82, 2.24) is 24.4 Å². The summed E-state index contributed by atoms with van der Waals surface area (Å²) >= 11 is 12.3. The fourth-order valence-electron chi connectivity index (χ4n) is 3.07. The quantitative estimate of drug-likeness (QED) is 0.485. The molecule has 3 aromatic heterocycles. The molecule has 0 aliphatic heterocycles. The Morgan fingerprint density at radius 3 is 2.67 bits per heavy atom. The van der Waals surface area contributed by atoms with Crippen molar-refractivity contribution in [2.45, 2.75) is 26.0 Å². The first kappa shape index (κ1) is 20.3. The van der Waals surface area contributed by atoms with Gasteiger partial charge < -0.3 is 10.4 Å². The van der Waals surface area contributed by atoms with Gasteiger partial charge in [-0.25, -0.2) is 9.50 Å². The van der Waals surface area contributed by atoms with E-state index in [1.807, 2.05) is 0 Å². The molecule has 1 amide bonds. The molecule has 0 spiro atoms. The Bertz CT molecular complexity index is 1220. The smallest absolute Gasteiger partial charge is 0.261 e. The van der Waals surface area contributed by atoms with Gasteiger partial charge in [-0.3, -0.25) is 9.48 Å². The topological polar surface area (TPSA) is 97.3 Å². The Balaban J connectivity index is 1.74. The van der Waals surface area contributed by atoms with Gasteiger partial charge in [0.2, 0.25) is 0 Å². The number of carbonyl (C=O) groups excluding carboxylic acids is 1. The van der Waals surface area contributed by atoms with Crippen LogP contribution in [0.2, 0.25) is 10.0 Å². The summed E-state index contributed by atoms with van der Waals surface area (Å²) in [4.78, 5) is 17.2.